The Kier molecular flexibility index (Phi) is 5.37. The summed E-state index contributed by atoms with van der Waals surface area (Å²) < 4.78 is 4.75. The lowest BCUT2D eigenvalue weighted by atomic mass is 10.1. The Morgan fingerprint density at radius 2 is 1.57 bits per heavy atom. The Morgan fingerprint density at radius 1 is 1.00 bits per heavy atom. The van der Waals surface area contributed by atoms with Gasteiger partial charge in [0.2, 0.25) is 0 Å². The van der Waals surface area contributed by atoms with Gasteiger partial charge in [-0.15, -0.1) is 0 Å². The number of benzene rings is 2. The van der Waals surface area contributed by atoms with Gasteiger partial charge >= 0.3 is 5.97 Å². The fraction of sp³-hybridized carbons (Fsp3) is 0.316. The van der Waals surface area contributed by atoms with Crippen molar-refractivity contribution in [2.45, 2.75) is 43.3 Å². The Labute approximate surface area is 144 Å². The van der Waals surface area contributed by atoms with Crippen molar-refractivity contribution >= 4 is 31.0 Å². The molecule has 0 aliphatic carbocycles. The summed E-state index contributed by atoms with van der Waals surface area (Å²) in [6.45, 7) is 11.5. The minimum Gasteiger partial charge on any atom is -0.465 e. The molecule has 4 heteroatoms. The van der Waals surface area contributed by atoms with Crippen molar-refractivity contribution in [3.63, 3.8) is 0 Å². The maximum atomic E-state index is 11.5. The van der Waals surface area contributed by atoms with Gasteiger partial charge in [-0.3, -0.25) is 0 Å². The molecule has 0 unspecified atom stereocenters. The van der Waals surface area contributed by atoms with Crippen molar-refractivity contribution in [3.8, 4) is 0 Å². The van der Waals surface area contributed by atoms with Crippen molar-refractivity contribution in [1.29, 1.82) is 0 Å². The van der Waals surface area contributed by atoms with Gasteiger partial charge in [-0.05, 0) is 60.5 Å². The number of carbonyl (C=O) groups excluding carboxylic acids is 1. The summed E-state index contributed by atoms with van der Waals surface area (Å²) in [6.07, 6.45) is 0. The molecule has 122 valence electrons. The SMILES string of the molecule is COC(=O)c1ccc(Sc2cc(C)c(C)cc2[Si](C)(C)C)cc1. The molecule has 0 radical (unpaired) electrons. The third kappa shape index (κ3) is 4.27. The number of methoxy groups -OCH3 is 1. The van der Waals surface area contributed by atoms with E-state index in [0.717, 1.165) is 4.90 Å². The fourth-order valence-corrected chi connectivity index (χ4v) is 5.83. The molecular weight excluding hydrogens is 320 g/mol. The molecule has 0 saturated carbocycles. The third-order valence-corrected chi connectivity index (χ3v) is 7.18. The zero-order chi connectivity index (χ0) is 17.2. The number of ether oxygens (including phenoxy) is 1. The van der Waals surface area contributed by atoms with E-state index in [4.69, 9.17) is 4.74 Å². The molecule has 0 atom stereocenters. The Bertz CT molecular complexity index is 715. The molecule has 2 rings (SSSR count). The molecule has 0 fully saturated rings. The van der Waals surface area contributed by atoms with Crippen molar-refractivity contribution in [1.82, 2.24) is 0 Å². The van der Waals surface area contributed by atoms with Crippen LogP contribution in [0.15, 0.2) is 46.2 Å². The van der Waals surface area contributed by atoms with Crippen molar-refractivity contribution in [2.75, 3.05) is 7.11 Å². The second-order valence-electron chi connectivity index (χ2n) is 6.80. The molecule has 0 saturated heterocycles. The highest BCUT2D eigenvalue weighted by atomic mass is 32.2. The Balaban J connectivity index is 2.36. The summed E-state index contributed by atoms with van der Waals surface area (Å²) in [7, 11) is -0.0125. The van der Waals surface area contributed by atoms with E-state index in [1.54, 1.807) is 11.8 Å². The van der Waals surface area contributed by atoms with E-state index in [0.29, 0.717) is 5.56 Å². The molecule has 0 amide bonds. The normalized spacial score (nSPS) is 11.4. The number of hydrogen-bond donors (Lipinski definition) is 0. The van der Waals surface area contributed by atoms with Gasteiger partial charge < -0.3 is 4.74 Å². The summed E-state index contributed by atoms with van der Waals surface area (Å²) >= 11 is 1.77. The minimum absolute atomic E-state index is 0.296. The topological polar surface area (TPSA) is 26.3 Å². The summed E-state index contributed by atoms with van der Waals surface area (Å²) in [5, 5.41) is 1.49. The molecule has 0 spiro atoms. The first-order chi connectivity index (χ1) is 10.7. The lowest BCUT2D eigenvalue weighted by Gasteiger charge is -2.22. The maximum Gasteiger partial charge on any atom is 0.337 e. The van der Waals surface area contributed by atoms with Crippen LogP contribution < -0.4 is 5.19 Å². The first-order valence-electron chi connectivity index (χ1n) is 7.70. The van der Waals surface area contributed by atoms with E-state index in [1.807, 2.05) is 24.3 Å². The first-order valence-corrected chi connectivity index (χ1v) is 12.0. The van der Waals surface area contributed by atoms with Gasteiger partial charge in [-0.25, -0.2) is 4.79 Å². The molecule has 0 N–H and O–H groups in total. The van der Waals surface area contributed by atoms with Crippen LogP contribution in [0.4, 0.5) is 0 Å². The van der Waals surface area contributed by atoms with E-state index >= 15 is 0 Å². The molecular formula is C19H24O2SSi. The standard InChI is InChI=1S/C19H24O2SSi/c1-13-11-17(18(12-14(13)2)23(4,5)6)22-16-9-7-15(8-10-16)19(20)21-3/h7-12H,1-6H3. The highest BCUT2D eigenvalue weighted by molar-refractivity contribution is 7.99. The molecule has 2 aromatic rings. The number of carbonyl (C=O) groups is 1. The fourth-order valence-electron chi connectivity index (χ4n) is 2.36. The highest BCUT2D eigenvalue weighted by Crippen LogP contribution is 2.30. The summed E-state index contributed by atoms with van der Waals surface area (Å²) in [6, 6.07) is 12.3. The molecule has 0 aliphatic heterocycles. The van der Waals surface area contributed by atoms with Crippen molar-refractivity contribution < 1.29 is 9.53 Å². The minimum atomic E-state index is -1.42. The van der Waals surface area contributed by atoms with Gasteiger partial charge in [0.15, 0.2) is 0 Å². The van der Waals surface area contributed by atoms with Crippen LogP contribution >= 0.6 is 11.8 Å². The molecule has 2 aromatic carbocycles. The molecule has 2 nitrogen and oxygen atoms in total. The summed E-state index contributed by atoms with van der Waals surface area (Å²) in [5.41, 5.74) is 3.26. The second-order valence-corrected chi connectivity index (χ2v) is 13.0. The number of hydrogen-bond acceptors (Lipinski definition) is 3. The van der Waals surface area contributed by atoms with Gasteiger partial charge in [-0.1, -0.05) is 37.5 Å². The number of esters is 1. The smallest absolute Gasteiger partial charge is 0.337 e. The predicted octanol–water partition coefficient (Wildman–Crippen LogP) is 4.79. The van der Waals surface area contributed by atoms with Crippen LogP contribution in [0.25, 0.3) is 0 Å². The molecule has 23 heavy (non-hydrogen) atoms. The van der Waals surface area contributed by atoms with Crippen molar-refractivity contribution in [3.05, 3.63) is 53.1 Å². The maximum absolute atomic E-state index is 11.5. The van der Waals surface area contributed by atoms with Crippen LogP contribution in [-0.4, -0.2) is 21.2 Å². The zero-order valence-electron chi connectivity index (χ0n) is 14.7. The molecule has 0 bridgehead atoms. The average Bonchev–Trinajstić information content (AvgIpc) is 2.49. The Morgan fingerprint density at radius 3 is 2.09 bits per heavy atom. The lowest BCUT2D eigenvalue weighted by molar-refractivity contribution is 0.0600. The van der Waals surface area contributed by atoms with E-state index in [-0.39, 0.29) is 5.97 Å². The van der Waals surface area contributed by atoms with Crippen LogP contribution in [0.1, 0.15) is 21.5 Å². The van der Waals surface area contributed by atoms with E-state index in [2.05, 4.69) is 45.6 Å². The highest BCUT2D eigenvalue weighted by Gasteiger charge is 2.21. The second kappa shape index (κ2) is 6.93. The largest absolute Gasteiger partial charge is 0.465 e. The lowest BCUT2D eigenvalue weighted by Crippen LogP contribution is -2.39. The molecule has 0 heterocycles. The van der Waals surface area contributed by atoms with Crippen LogP contribution in [0.3, 0.4) is 0 Å². The van der Waals surface area contributed by atoms with E-state index in [9.17, 15) is 4.79 Å². The summed E-state index contributed by atoms with van der Waals surface area (Å²) in [5.74, 6) is -0.296. The number of rotatable bonds is 4. The van der Waals surface area contributed by atoms with Crippen molar-refractivity contribution in [2.24, 2.45) is 0 Å². The van der Waals surface area contributed by atoms with Crippen LogP contribution in [0, 0.1) is 13.8 Å². The first kappa shape index (κ1) is 17.8. The van der Waals surface area contributed by atoms with Gasteiger partial charge in [0.05, 0.1) is 20.7 Å². The van der Waals surface area contributed by atoms with Gasteiger partial charge in [0.1, 0.15) is 0 Å². The zero-order valence-corrected chi connectivity index (χ0v) is 16.5. The molecule has 0 aromatic heterocycles. The number of aryl methyl sites for hydroxylation is 2. The van der Waals surface area contributed by atoms with Crippen LogP contribution in [0.2, 0.25) is 19.6 Å². The molecule has 0 aliphatic rings. The van der Waals surface area contributed by atoms with E-state index < -0.39 is 8.07 Å². The van der Waals surface area contributed by atoms with Gasteiger partial charge in [0.25, 0.3) is 0 Å². The third-order valence-electron chi connectivity index (χ3n) is 3.91. The van der Waals surface area contributed by atoms with Gasteiger partial charge in [0, 0.05) is 9.79 Å². The average molecular weight is 345 g/mol. The van der Waals surface area contributed by atoms with Gasteiger partial charge in [-0.2, -0.15) is 0 Å². The quantitative estimate of drug-likeness (QED) is 0.589. The van der Waals surface area contributed by atoms with Crippen LogP contribution in [0.5, 0.6) is 0 Å². The van der Waals surface area contributed by atoms with Crippen LogP contribution in [-0.2, 0) is 4.74 Å². The van der Waals surface area contributed by atoms with E-state index in [1.165, 1.54) is 28.3 Å². The predicted molar refractivity (Wildman–Crippen MR) is 101 cm³/mol. The Hall–Kier alpha value is -1.52. The summed E-state index contributed by atoms with van der Waals surface area (Å²) in [4.78, 5) is 14.0. The monoisotopic (exact) mass is 344 g/mol.